The Balaban J connectivity index is 1.65. The van der Waals surface area contributed by atoms with Crippen molar-refractivity contribution >= 4 is 65.6 Å². The Morgan fingerprint density at radius 2 is 2.03 bits per heavy atom. The smallest absolute Gasteiger partial charge is 0.412 e. The van der Waals surface area contributed by atoms with Gasteiger partial charge in [0.15, 0.2) is 5.78 Å². The number of halogens is 2. The van der Waals surface area contributed by atoms with E-state index in [1.54, 1.807) is 30.5 Å². The number of amides is 1. The van der Waals surface area contributed by atoms with E-state index in [-0.39, 0.29) is 21.4 Å². The molecule has 0 radical (unpaired) electrons. The molecule has 3 rings (SSSR count). The van der Waals surface area contributed by atoms with Crippen LogP contribution in [0.15, 0.2) is 30.3 Å². The van der Waals surface area contributed by atoms with E-state index in [2.05, 4.69) is 18.2 Å². The van der Waals surface area contributed by atoms with E-state index in [1.165, 1.54) is 11.7 Å². The highest BCUT2D eigenvalue weighted by atomic mass is 35.5. The first-order valence-electron chi connectivity index (χ1n) is 9.84. The molecule has 0 fully saturated rings. The number of nitrogens with zero attached hydrogens (tertiary/aromatic N) is 1. The van der Waals surface area contributed by atoms with Crippen molar-refractivity contribution in [2.24, 2.45) is 0 Å². The molecule has 2 aromatic rings. The maximum absolute atomic E-state index is 12.0. The Kier molecular flexibility index (Phi) is 7.59. The summed E-state index contributed by atoms with van der Waals surface area (Å²) in [7, 11) is 0. The highest BCUT2D eigenvalue weighted by Crippen LogP contribution is 2.37. The quantitative estimate of drug-likeness (QED) is 0.0845. The van der Waals surface area contributed by atoms with Gasteiger partial charge in [-0.2, -0.15) is 4.28 Å². The van der Waals surface area contributed by atoms with Gasteiger partial charge < -0.3 is 9.47 Å². The zero-order valence-corrected chi connectivity index (χ0v) is 20.2. The van der Waals surface area contributed by atoms with Gasteiger partial charge in [0, 0.05) is 22.8 Å². The maximum Gasteiger partial charge on any atom is 0.412 e. The molecule has 0 unspecified atom stereocenters. The molecule has 1 aliphatic heterocycles. The number of unbranched alkanes of at least 4 members (excludes halogenated alkanes) is 1. The number of carbonyl (C=O) groups excluding carboxylic acids is 2. The molecule has 32 heavy (non-hydrogen) atoms. The van der Waals surface area contributed by atoms with Crippen molar-refractivity contribution in [3.63, 3.8) is 0 Å². The van der Waals surface area contributed by atoms with Crippen LogP contribution in [0, 0.1) is 0 Å². The van der Waals surface area contributed by atoms with E-state index < -0.39 is 11.7 Å². The van der Waals surface area contributed by atoms with Crippen molar-refractivity contribution in [2.45, 2.75) is 39.2 Å². The lowest BCUT2D eigenvalue weighted by Crippen LogP contribution is -2.34. The number of Topliss-reactive ketones (excluding diaryl/α,β-unsaturated/α-hetero) is 1. The summed E-state index contributed by atoms with van der Waals surface area (Å²) in [5.41, 5.74) is 1.50. The molecule has 0 saturated heterocycles. The summed E-state index contributed by atoms with van der Waals surface area (Å²) in [5, 5.41) is 3.13. The lowest BCUT2D eigenvalue weighted by atomic mass is 9.94. The van der Waals surface area contributed by atoms with Crippen LogP contribution >= 0.6 is 36.1 Å². The van der Waals surface area contributed by atoms with Crippen LogP contribution in [0.1, 0.15) is 49.5 Å². The molecule has 1 amide bonds. The van der Waals surface area contributed by atoms with Gasteiger partial charge in [-0.15, -0.1) is 0 Å². The predicted octanol–water partition coefficient (Wildman–Crippen LogP) is 6.34. The molecule has 1 aliphatic rings. The minimum absolute atomic E-state index is 0.166. The monoisotopic (exact) mass is 497 g/mol. The highest BCUT2D eigenvalue weighted by Gasteiger charge is 2.33. The van der Waals surface area contributed by atoms with Crippen LogP contribution in [0.5, 0.6) is 5.75 Å². The number of hydrogen-bond acceptors (Lipinski definition) is 6. The minimum Gasteiger partial charge on any atom is -0.494 e. The summed E-state index contributed by atoms with van der Waals surface area (Å²) in [6, 6.07) is 8.68. The van der Waals surface area contributed by atoms with Crippen LogP contribution in [0.2, 0.25) is 10.0 Å². The zero-order chi connectivity index (χ0) is 23.5. The summed E-state index contributed by atoms with van der Waals surface area (Å²) in [4.78, 5) is 23.7. The first-order valence-corrected chi connectivity index (χ1v) is 11.0. The van der Waals surface area contributed by atoms with Gasteiger partial charge in [0.1, 0.15) is 29.8 Å². The number of anilines is 1. The molecule has 2 aromatic carbocycles. The first-order chi connectivity index (χ1) is 15.1. The summed E-state index contributed by atoms with van der Waals surface area (Å²) >= 11 is 16.1. The largest absolute Gasteiger partial charge is 0.494 e. The molecule has 0 bridgehead atoms. The van der Waals surface area contributed by atoms with E-state index >= 15 is 0 Å². The molecule has 10 heteroatoms. The van der Waals surface area contributed by atoms with Gasteiger partial charge in [0.25, 0.3) is 5.69 Å². The molecule has 0 spiro atoms. The average Bonchev–Trinajstić information content (AvgIpc) is 2.72. The van der Waals surface area contributed by atoms with Gasteiger partial charge in [0.2, 0.25) is 6.21 Å². The molecule has 0 saturated carbocycles. The molecular weight excluding hydrogens is 475 g/mol. The molecule has 7 nitrogen and oxygen atoms in total. The third-order valence-corrected chi connectivity index (χ3v) is 5.87. The van der Waals surface area contributed by atoms with E-state index in [4.69, 9.17) is 37.0 Å². The van der Waals surface area contributed by atoms with Crippen molar-refractivity contribution in [1.29, 1.82) is 0 Å². The number of benzene rings is 2. The Bertz CT molecular complexity index is 1090. The van der Waals surface area contributed by atoms with E-state index in [0.29, 0.717) is 36.6 Å². The summed E-state index contributed by atoms with van der Waals surface area (Å²) in [6.07, 6.45) is 2.51. The maximum atomic E-state index is 12.0. The number of ketones is 1. The molecule has 1 N–H and O–H groups in total. The molecular formula is C22H23Cl2N2O5S+. The summed E-state index contributed by atoms with van der Waals surface area (Å²) in [6.45, 7) is 5.49. The third kappa shape index (κ3) is 5.31. The van der Waals surface area contributed by atoms with Gasteiger partial charge in [-0.05, 0) is 51.5 Å². The van der Waals surface area contributed by atoms with Crippen LogP contribution in [0.25, 0.3) is 0 Å². The second-order valence-corrected chi connectivity index (χ2v) is 8.57. The number of thiol groups is 1. The van der Waals surface area contributed by atoms with Gasteiger partial charge in [-0.25, -0.2) is 4.79 Å². The lowest BCUT2D eigenvalue weighted by molar-refractivity contribution is -0.672. The third-order valence-electron chi connectivity index (χ3n) is 4.89. The number of nitrogens with one attached hydrogen (secondary N) is 1. The molecule has 0 atom stereocenters. The number of hydrogen-bond donors (Lipinski definition) is 2. The number of cyclic esters (lactones) is 1. The summed E-state index contributed by atoms with van der Waals surface area (Å²) < 4.78 is 17.7. The molecule has 1 heterocycles. The number of ether oxygens (including phenoxy) is 2. The number of rotatable bonds is 8. The number of carbonyl (C=O) groups is 2. The second-order valence-electron chi connectivity index (χ2n) is 7.62. The fraction of sp³-hybridized carbons (Fsp3) is 0.318. The van der Waals surface area contributed by atoms with E-state index in [9.17, 15) is 9.59 Å². The Morgan fingerprint density at radius 1 is 1.28 bits per heavy atom. The SMILES string of the molecule is CC(=O)c1c([N+](=CCCCOc2ccc3c(c2)C(C)(C)OC(=O)N3)OS)ccc(Cl)c1Cl. The summed E-state index contributed by atoms with van der Waals surface area (Å²) in [5.74, 6) is 0.428. The Labute approximate surface area is 201 Å². The molecule has 0 aliphatic carbocycles. The van der Waals surface area contributed by atoms with Crippen molar-refractivity contribution in [2.75, 3.05) is 11.9 Å². The zero-order valence-electron chi connectivity index (χ0n) is 17.8. The van der Waals surface area contributed by atoms with E-state index in [0.717, 1.165) is 5.56 Å². The highest BCUT2D eigenvalue weighted by molar-refractivity contribution is 7.74. The van der Waals surface area contributed by atoms with Crippen molar-refractivity contribution in [3.05, 3.63) is 51.5 Å². The molecule has 0 aromatic heterocycles. The van der Waals surface area contributed by atoms with Gasteiger partial charge in [-0.3, -0.25) is 10.1 Å². The first kappa shape index (κ1) is 24.2. The fourth-order valence-electron chi connectivity index (χ4n) is 3.36. The van der Waals surface area contributed by atoms with Gasteiger partial charge in [-0.1, -0.05) is 23.2 Å². The van der Waals surface area contributed by atoms with Crippen LogP contribution in [0.3, 0.4) is 0 Å². The van der Waals surface area contributed by atoms with Crippen molar-refractivity contribution in [1.82, 2.24) is 0 Å². The van der Waals surface area contributed by atoms with Crippen LogP contribution < -0.4 is 10.1 Å². The van der Waals surface area contributed by atoms with Crippen LogP contribution in [-0.4, -0.2) is 29.4 Å². The minimum atomic E-state index is -0.747. The topological polar surface area (TPSA) is 76.9 Å². The van der Waals surface area contributed by atoms with Gasteiger partial charge in [0.05, 0.1) is 22.3 Å². The lowest BCUT2D eigenvalue weighted by Gasteiger charge is -2.32. The Hall–Kier alpha value is -2.42. The van der Waals surface area contributed by atoms with E-state index in [1.807, 2.05) is 19.9 Å². The van der Waals surface area contributed by atoms with Crippen molar-refractivity contribution < 1.29 is 28.1 Å². The van der Waals surface area contributed by atoms with Crippen molar-refractivity contribution in [3.8, 4) is 5.75 Å². The Morgan fingerprint density at radius 3 is 2.72 bits per heavy atom. The van der Waals surface area contributed by atoms with Gasteiger partial charge >= 0.3 is 6.09 Å². The fourth-order valence-corrected chi connectivity index (χ4v) is 3.96. The normalized spacial score (nSPS) is 14.8. The predicted molar refractivity (Wildman–Crippen MR) is 127 cm³/mol. The van der Waals surface area contributed by atoms with Crippen LogP contribution in [0.4, 0.5) is 16.2 Å². The second kappa shape index (κ2) is 10.0. The average molecular weight is 498 g/mol. The van der Waals surface area contributed by atoms with Crippen LogP contribution in [-0.2, 0) is 14.6 Å². The number of fused-ring (bicyclic) bond motifs is 1. The standard InChI is InChI=1S/C22H22Cl2N2O5S/c1-13(27)19-18(9-7-16(23)20(19)24)26(31-32)10-4-5-11-29-14-6-8-17-15(12-14)22(2,3)30-21(28)25-17/h6-10,12H,4-5,11H2,1-3H3,(H-,25,28,32)/p+1. The molecule has 170 valence electrons.